The van der Waals surface area contributed by atoms with E-state index in [-0.39, 0.29) is 18.0 Å². The largest absolute Gasteiger partial charge is 0.496 e. The Bertz CT molecular complexity index is 1120. The lowest BCUT2D eigenvalue weighted by atomic mass is 10.1. The van der Waals surface area contributed by atoms with Gasteiger partial charge in [-0.05, 0) is 42.0 Å². The molecular weight excluding hydrogens is 410 g/mol. The molecule has 1 heterocycles. The van der Waals surface area contributed by atoms with E-state index in [1.807, 2.05) is 0 Å². The van der Waals surface area contributed by atoms with Crippen LogP contribution in [0.1, 0.15) is 21.6 Å². The number of aryl methyl sites for hydroxylation is 1. The number of allylic oxidation sites excluding steroid dienone is 1. The Morgan fingerprint density at radius 3 is 2.80 bits per heavy atom. The summed E-state index contributed by atoms with van der Waals surface area (Å²) in [6.07, 6.45) is 4.00. The molecule has 0 aliphatic heterocycles. The molecule has 0 saturated carbocycles. The number of hydrogen-bond acceptors (Lipinski definition) is 6. The third-order valence-electron chi connectivity index (χ3n) is 4.16. The molecule has 0 amide bonds. The summed E-state index contributed by atoms with van der Waals surface area (Å²) in [6, 6.07) is 12.4. The number of aromatic nitrogens is 2. The van der Waals surface area contributed by atoms with E-state index in [0.717, 1.165) is 5.56 Å². The van der Waals surface area contributed by atoms with E-state index >= 15 is 0 Å². The molecule has 0 bridgehead atoms. The van der Waals surface area contributed by atoms with Crippen LogP contribution in [0.25, 0.3) is 6.08 Å². The molecule has 0 radical (unpaired) electrons. The van der Waals surface area contributed by atoms with Gasteiger partial charge in [-0.15, -0.1) is 0 Å². The van der Waals surface area contributed by atoms with Crippen LogP contribution in [-0.4, -0.2) is 27.6 Å². The first-order chi connectivity index (χ1) is 14.4. The normalized spacial score (nSPS) is 10.9. The molecule has 1 aromatic heterocycles. The first-order valence-corrected chi connectivity index (χ1v) is 9.21. The summed E-state index contributed by atoms with van der Waals surface area (Å²) in [4.78, 5) is 22.8. The van der Waals surface area contributed by atoms with E-state index in [1.54, 1.807) is 55.7 Å². The molecule has 0 atom stereocenters. The Kier molecular flexibility index (Phi) is 6.48. The fraction of sp³-hybridized carbons (Fsp3) is 0.143. The Morgan fingerprint density at radius 1 is 1.30 bits per heavy atom. The van der Waals surface area contributed by atoms with E-state index in [2.05, 4.69) is 5.10 Å². The fourth-order valence-electron chi connectivity index (χ4n) is 2.77. The standard InChI is InChI=1S/C21H18ClN3O5/c1-24-12-18(25(27)28)21(23-24)19(26)8-6-14-7-9-20(29-2)15(10-14)13-30-17-5-3-4-16(22)11-17/h3-12H,13H2,1-2H3/b8-6+. The molecule has 9 heteroatoms. The second-order valence-electron chi connectivity index (χ2n) is 6.31. The van der Waals surface area contributed by atoms with Crippen LogP contribution in [0, 0.1) is 10.1 Å². The predicted octanol–water partition coefficient (Wildman–Crippen LogP) is 4.47. The number of carbonyl (C=O) groups excluding carboxylic acids is 1. The van der Waals surface area contributed by atoms with Crippen LogP contribution in [0.3, 0.4) is 0 Å². The van der Waals surface area contributed by atoms with Crippen LogP contribution in [0.15, 0.2) is 54.7 Å². The van der Waals surface area contributed by atoms with Gasteiger partial charge in [0.25, 0.3) is 0 Å². The SMILES string of the molecule is COc1ccc(/C=C/C(=O)c2nn(C)cc2[N+](=O)[O-])cc1COc1cccc(Cl)c1. The third kappa shape index (κ3) is 5.03. The lowest BCUT2D eigenvalue weighted by molar-refractivity contribution is -0.385. The Balaban J connectivity index is 1.79. The van der Waals surface area contributed by atoms with Gasteiger partial charge in [0.05, 0.1) is 12.0 Å². The van der Waals surface area contributed by atoms with Crippen molar-refractivity contribution < 1.29 is 19.2 Å². The highest BCUT2D eigenvalue weighted by Gasteiger charge is 2.23. The van der Waals surface area contributed by atoms with Crippen LogP contribution >= 0.6 is 11.6 Å². The van der Waals surface area contributed by atoms with E-state index in [9.17, 15) is 14.9 Å². The van der Waals surface area contributed by atoms with Gasteiger partial charge < -0.3 is 9.47 Å². The minimum Gasteiger partial charge on any atom is -0.496 e. The summed E-state index contributed by atoms with van der Waals surface area (Å²) in [6.45, 7) is 0.227. The molecule has 8 nitrogen and oxygen atoms in total. The number of halogens is 1. The number of hydrogen-bond donors (Lipinski definition) is 0. The van der Waals surface area contributed by atoms with Crippen LogP contribution in [0.2, 0.25) is 5.02 Å². The third-order valence-corrected chi connectivity index (χ3v) is 4.40. The maximum Gasteiger partial charge on any atom is 0.318 e. The number of rotatable bonds is 8. The van der Waals surface area contributed by atoms with Crippen molar-refractivity contribution in [2.24, 2.45) is 7.05 Å². The number of carbonyl (C=O) groups is 1. The minimum absolute atomic E-state index is 0.211. The van der Waals surface area contributed by atoms with Crippen molar-refractivity contribution in [3.8, 4) is 11.5 Å². The maximum atomic E-state index is 12.4. The average Bonchev–Trinajstić information content (AvgIpc) is 3.13. The topological polar surface area (TPSA) is 96.5 Å². The first kappa shape index (κ1) is 21.1. The van der Waals surface area contributed by atoms with Crippen molar-refractivity contribution in [1.29, 1.82) is 0 Å². The number of ketones is 1. The van der Waals surface area contributed by atoms with Gasteiger partial charge in [0, 0.05) is 17.6 Å². The van der Waals surface area contributed by atoms with Crippen molar-refractivity contribution in [2.45, 2.75) is 6.61 Å². The molecule has 154 valence electrons. The molecule has 3 rings (SSSR count). The number of methoxy groups -OCH3 is 1. The van der Waals surface area contributed by atoms with Crippen molar-refractivity contribution in [1.82, 2.24) is 9.78 Å². The van der Waals surface area contributed by atoms with E-state index in [1.165, 1.54) is 24.0 Å². The molecule has 30 heavy (non-hydrogen) atoms. The second kappa shape index (κ2) is 9.23. The van der Waals surface area contributed by atoms with Crippen LogP contribution in [0.5, 0.6) is 11.5 Å². The van der Waals surface area contributed by atoms with Gasteiger partial charge >= 0.3 is 5.69 Å². The Hall–Kier alpha value is -3.65. The zero-order valence-electron chi connectivity index (χ0n) is 16.2. The lowest BCUT2D eigenvalue weighted by Crippen LogP contribution is -2.01. The van der Waals surface area contributed by atoms with Crippen molar-refractivity contribution in [3.05, 3.63) is 86.7 Å². The number of nitro groups is 1. The average molecular weight is 428 g/mol. The summed E-state index contributed by atoms with van der Waals surface area (Å²) in [5, 5.41) is 15.5. The van der Waals surface area contributed by atoms with Crippen LogP contribution in [0.4, 0.5) is 5.69 Å². The summed E-state index contributed by atoms with van der Waals surface area (Å²) in [5.41, 5.74) is 0.914. The zero-order valence-corrected chi connectivity index (χ0v) is 17.0. The quantitative estimate of drug-likeness (QED) is 0.228. The number of benzene rings is 2. The second-order valence-corrected chi connectivity index (χ2v) is 6.75. The molecule has 0 spiro atoms. The van der Waals surface area contributed by atoms with Gasteiger partial charge in [0.15, 0.2) is 0 Å². The summed E-state index contributed by atoms with van der Waals surface area (Å²) in [7, 11) is 3.07. The molecule has 0 aliphatic rings. The van der Waals surface area contributed by atoms with Crippen molar-refractivity contribution in [3.63, 3.8) is 0 Å². The predicted molar refractivity (Wildman–Crippen MR) is 112 cm³/mol. The highest BCUT2D eigenvalue weighted by molar-refractivity contribution is 6.30. The molecule has 0 fully saturated rings. The maximum absolute atomic E-state index is 12.4. The van der Waals surface area contributed by atoms with Crippen LogP contribution in [-0.2, 0) is 13.7 Å². The zero-order chi connectivity index (χ0) is 21.7. The Morgan fingerprint density at radius 2 is 2.10 bits per heavy atom. The highest BCUT2D eigenvalue weighted by atomic mass is 35.5. The molecule has 3 aromatic rings. The summed E-state index contributed by atoms with van der Waals surface area (Å²) >= 11 is 5.97. The van der Waals surface area contributed by atoms with Gasteiger partial charge in [-0.1, -0.05) is 29.8 Å². The summed E-state index contributed by atoms with van der Waals surface area (Å²) in [5.74, 6) is 0.679. The molecular formula is C21H18ClN3O5. The van der Waals surface area contributed by atoms with Gasteiger partial charge in [-0.2, -0.15) is 5.10 Å². The van der Waals surface area contributed by atoms with E-state index < -0.39 is 10.7 Å². The number of nitrogens with zero attached hydrogens (tertiary/aromatic N) is 3. The molecule has 0 aliphatic carbocycles. The minimum atomic E-state index is -0.632. The summed E-state index contributed by atoms with van der Waals surface area (Å²) < 4.78 is 12.4. The molecule has 0 N–H and O–H groups in total. The Labute approximate surface area is 177 Å². The highest BCUT2D eigenvalue weighted by Crippen LogP contribution is 2.24. The van der Waals surface area contributed by atoms with Crippen LogP contribution < -0.4 is 9.47 Å². The van der Waals surface area contributed by atoms with Gasteiger partial charge in [-0.25, -0.2) is 0 Å². The van der Waals surface area contributed by atoms with Gasteiger partial charge in [0.1, 0.15) is 24.3 Å². The smallest absolute Gasteiger partial charge is 0.318 e. The van der Waals surface area contributed by atoms with Gasteiger partial charge in [0.2, 0.25) is 11.5 Å². The fourth-order valence-corrected chi connectivity index (χ4v) is 2.95. The monoisotopic (exact) mass is 427 g/mol. The van der Waals surface area contributed by atoms with Crippen molar-refractivity contribution in [2.75, 3.05) is 7.11 Å². The first-order valence-electron chi connectivity index (χ1n) is 8.83. The van der Waals surface area contributed by atoms with Gasteiger partial charge in [-0.3, -0.25) is 19.6 Å². The molecule has 0 saturated heterocycles. The van der Waals surface area contributed by atoms with E-state index in [4.69, 9.17) is 21.1 Å². The lowest BCUT2D eigenvalue weighted by Gasteiger charge is -2.11. The van der Waals surface area contributed by atoms with E-state index in [0.29, 0.717) is 22.1 Å². The molecule has 0 unspecified atom stereocenters. The molecule has 2 aromatic carbocycles. The number of ether oxygens (including phenoxy) is 2. The van der Waals surface area contributed by atoms with Crippen molar-refractivity contribution >= 4 is 29.1 Å².